The average molecular weight is 332 g/mol. The standard InChI is InChI=1S/C17H24N4OS/c1-13(2)19(3)8-14-9-20-6-5-18-16(20)11-21(10-14)17(22)15-4-7-23-12-15/h4-7,12-14H,8-11H2,1-3H3/t14-/m0/s1. The Kier molecular flexibility index (Phi) is 4.82. The normalized spacial score (nSPS) is 18.3. The molecule has 1 atom stereocenters. The third-order valence-electron chi connectivity index (χ3n) is 4.55. The molecule has 124 valence electrons. The minimum absolute atomic E-state index is 0.111. The van der Waals surface area contributed by atoms with E-state index >= 15 is 0 Å². The maximum absolute atomic E-state index is 12.8. The van der Waals surface area contributed by atoms with E-state index in [0.29, 0.717) is 18.5 Å². The van der Waals surface area contributed by atoms with Gasteiger partial charge in [-0.2, -0.15) is 11.3 Å². The van der Waals surface area contributed by atoms with Crippen LogP contribution in [0.3, 0.4) is 0 Å². The summed E-state index contributed by atoms with van der Waals surface area (Å²) in [5.41, 5.74) is 0.783. The summed E-state index contributed by atoms with van der Waals surface area (Å²) in [6.07, 6.45) is 3.85. The molecule has 0 saturated heterocycles. The summed E-state index contributed by atoms with van der Waals surface area (Å²) in [5, 5.41) is 3.88. The summed E-state index contributed by atoms with van der Waals surface area (Å²) >= 11 is 1.56. The molecule has 23 heavy (non-hydrogen) atoms. The predicted octanol–water partition coefficient (Wildman–Crippen LogP) is 2.56. The lowest BCUT2D eigenvalue weighted by molar-refractivity contribution is 0.0703. The average Bonchev–Trinajstić information content (AvgIpc) is 3.15. The second-order valence-electron chi connectivity index (χ2n) is 6.59. The van der Waals surface area contributed by atoms with Crippen LogP contribution >= 0.6 is 11.3 Å². The molecule has 0 radical (unpaired) electrons. The van der Waals surface area contributed by atoms with Crippen LogP contribution in [0.25, 0.3) is 0 Å². The molecule has 3 rings (SSSR count). The van der Waals surface area contributed by atoms with E-state index in [-0.39, 0.29) is 5.91 Å². The van der Waals surface area contributed by atoms with Gasteiger partial charge in [0.05, 0.1) is 12.1 Å². The fourth-order valence-electron chi connectivity index (χ4n) is 3.00. The van der Waals surface area contributed by atoms with Crippen LogP contribution in [0, 0.1) is 5.92 Å². The van der Waals surface area contributed by atoms with E-state index in [1.54, 1.807) is 11.3 Å². The first-order valence-electron chi connectivity index (χ1n) is 8.06. The van der Waals surface area contributed by atoms with Crippen molar-refractivity contribution in [3.63, 3.8) is 0 Å². The monoisotopic (exact) mass is 332 g/mol. The van der Waals surface area contributed by atoms with Gasteiger partial charge in [-0.15, -0.1) is 0 Å². The third-order valence-corrected chi connectivity index (χ3v) is 5.23. The lowest BCUT2D eigenvalue weighted by Crippen LogP contribution is -2.39. The number of carbonyl (C=O) groups is 1. The number of hydrogen-bond donors (Lipinski definition) is 0. The Morgan fingerprint density at radius 1 is 1.48 bits per heavy atom. The molecule has 0 bridgehead atoms. The second kappa shape index (κ2) is 6.84. The number of fused-ring (bicyclic) bond motifs is 1. The zero-order valence-corrected chi connectivity index (χ0v) is 14.8. The number of imidazole rings is 1. The maximum atomic E-state index is 12.8. The van der Waals surface area contributed by atoms with Gasteiger partial charge in [0.1, 0.15) is 5.82 Å². The molecule has 3 heterocycles. The first kappa shape index (κ1) is 16.2. The SMILES string of the molecule is CC(C)N(C)C[C@@H]1CN(C(=O)c2ccsc2)Cc2nccn2C1. The lowest BCUT2D eigenvalue weighted by atomic mass is 10.1. The molecule has 0 fully saturated rings. The molecule has 0 N–H and O–H groups in total. The van der Waals surface area contributed by atoms with Crippen molar-refractivity contribution in [1.82, 2.24) is 19.4 Å². The molecule has 1 aliphatic rings. The Morgan fingerprint density at radius 2 is 2.30 bits per heavy atom. The number of hydrogen-bond acceptors (Lipinski definition) is 4. The van der Waals surface area contributed by atoms with E-state index in [2.05, 4.69) is 35.3 Å². The Balaban J connectivity index is 1.81. The van der Waals surface area contributed by atoms with Crippen molar-refractivity contribution in [2.45, 2.75) is 33.0 Å². The topological polar surface area (TPSA) is 41.4 Å². The van der Waals surface area contributed by atoms with Crippen LogP contribution in [0.4, 0.5) is 0 Å². The van der Waals surface area contributed by atoms with Gasteiger partial charge in [-0.1, -0.05) is 0 Å². The van der Waals surface area contributed by atoms with Gasteiger partial charge in [0, 0.05) is 49.4 Å². The van der Waals surface area contributed by atoms with E-state index in [1.807, 2.05) is 34.1 Å². The molecule has 2 aromatic heterocycles. The fourth-order valence-corrected chi connectivity index (χ4v) is 3.63. The summed E-state index contributed by atoms with van der Waals surface area (Å²) in [4.78, 5) is 21.5. The number of rotatable bonds is 4. The lowest BCUT2D eigenvalue weighted by Gasteiger charge is -2.29. The number of nitrogens with zero attached hydrogens (tertiary/aromatic N) is 4. The van der Waals surface area contributed by atoms with Gasteiger partial charge in [-0.25, -0.2) is 4.98 Å². The Hall–Kier alpha value is -1.66. The van der Waals surface area contributed by atoms with Gasteiger partial charge in [0.25, 0.3) is 5.91 Å². The molecule has 6 heteroatoms. The molecule has 0 spiro atoms. The minimum atomic E-state index is 0.111. The second-order valence-corrected chi connectivity index (χ2v) is 7.37. The summed E-state index contributed by atoms with van der Waals surface area (Å²) < 4.78 is 2.19. The molecule has 0 aromatic carbocycles. The molecule has 2 aromatic rings. The highest BCUT2D eigenvalue weighted by atomic mass is 32.1. The first-order valence-corrected chi connectivity index (χ1v) is 9.00. The highest BCUT2D eigenvalue weighted by Gasteiger charge is 2.27. The summed E-state index contributed by atoms with van der Waals surface area (Å²) in [7, 11) is 2.15. The fraction of sp³-hybridized carbons (Fsp3) is 0.529. The van der Waals surface area contributed by atoms with Crippen molar-refractivity contribution < 1.29 is 4.79 Å². The first-order chi connectivity index (χ1) is 11.0. The quantitative estimate of drug-likeness (QED) is 0.864. The Morgan fingerprint density at radius 3 is 3.00 bits per heavy atom. The summed E-state index contributed by atoms with van der Waals surface area (Å²) in [6.45, 7) is 7.66. The van der Waals surface area contributed by atoms with Crippen LogP contribution in [0.1, 0.15) is 30.0 Å². The van der Waals surface area contributed by atoms with Gasteiger partial charge in [0.15, 0.2) is 0 Å². The van der Waals surface area contributed by atoms with E-state index in [9.17, 15) is 4.79 Å². The van der Waals surface area contributed by atoms with Crippen molar-refractivity contribution in [2.24, 2.45) is 5.92 Å². The van der Waals surface area contributed by atoms with Crippen LogP contribution in [-0.4, -0.2) is 51.4 Å². The van der Waals surface area contributed by atoms with Crippen molar-refractivity contribution in [1.29, 1.82) is 0 Å². The van der Waals surface area contributed by atoms with Crippen LogP contribution in [0.2, 0.25) is 0 Å². The van der Waals surface area contributed by atoms with Crippen molar-refractivity contribution >= 4 is 17.2 Å². The molecule has 0 saturated carbocycles. The largest absolute Gasteiger partial charge is 0.333 e. The molecule has 5 nitrogen and oxygen atoms in total. The van der Waals surface area contributed by atoms with Gasteiger partial charge >= 0.3 is 0 Å². The highest BCUT2D eigenvalue weighted by Crippen LogP contribution is 2.20. The van der Waals surface area contributed by atoms with E-state index < -0.39 is 0 Å². The van der Waals surface area contributed by atoms with Gasteiger partial charge < -0.3 is 14.4 Å². The molecule has 1 amide bonds. The predicted molar refractivity (Wildman–Crippen MR) is 92.5 cm³/mol. The zero-order valence-electron chi connectivity index (χ0n) is 14.0. The molecular weight excluding hydrogens is 308 g/mol. The molecule has 0 aliphatic carbocycles. The van der Waals surface area contributed by atoms with Crippen LogP contribution in [0.5, 0.6) is 0 Å². The van der Waals surface area contributed by atoms with Crippen molar-refractivity contribution in [2.75, 3.05) is 20.1 Å². The van der Waals surface area contributed by atoms with Crippen LogP contribution < -0.4 is 0 Å². The maximum Gasteiger partial charge on any atom is 0.255 e. The van der Waals surface area contributed by atoms with Crippen molar-refractivity contribution in [3.05, 3.63) is 40.6 Å². The smallest absolute Gasteiger partial charge is 0.255 e. The van der Waals surface area contributed by atoms with E-state index in [4.69, 9.17) is 0 Å². The number of aromatic nitrogens is 2. The van der Waals surface area contributed by atoms with Gasteiger partial charge in [-0.3, -0.25) is 4.79 Å². The number of thiophene rings is 1. The van der Waals surface area contributed by atoms with Crippen LogP contribution in [0.15, 0.2) is 29.2 Å². The molecule has 1 aliphatic heterocycles. The summed E-state index contributed by atoms with van der Waals surface area (Å²) in [5.74, 6) is 1.49. The third kappa shape index (κ3) is 3.64. The molecule has 0 unspecified atom stereocenters. The molecular formula is C17H24N4OS. The van der Waals surface area contributed by atoms with Crippen molar-refractivity contribution in [3.8, 4) is 0 Å². The van der Waals surface area contributed by atoms with Gasteiger partial charge in [0.2, 0.25) is 0 Å². The van der Waals surface area contributed by atoms with E-state index in [0.717, 1.165) is 31.0 Å². The highest BCUT2D eigenvalue weighted by molar-refractivity contribution is 7.08. The van der Waals surface area contributed by atoms with Gasteiger partial charge in [-0.05, 0) is 32.3 Å². The van der Waals surface area contributed by atoms with E-state index in [1.165, 1.54) is 0 Å². The minimum Gasteiger partial charge on any atom is -0.333 e. The number of amides is 1. The Labute approximate surface area is 141 Å². The van der Waals surface area contributed by atoms with Crippen LogP contribution in [-0.2, 0) is 13.1 Å². The zero-order chi connectivity index (χ0) is 16.4. The Bertz CT molecular complexity index is 649. The number of carbonyl (C=O) groups excluding carboxylic acids is 1. The summed E-state index contributed by atoms with van der Waals surface area (Å²) in [6, 6.07) is 2.40.